The van der Waals surface area contributed by atoms with Crippen molar-refractivity contribution in [2.45, 2.75) is 23.6 Å². The summed E-state index contributed by atoms with van der Waals surface area (Å²) in [4.78, 5) is -4.23. The summed E-state index contributed by atoms with van der Waals surface area (Å²) in [6.07, 6.45) is -12.5. The zero-order valence-electron chi connectivity index (χ0n) is 5.94. The van der Waals surface area contributed by atoms with Gasteiger partial charge in [0.05, 0.1) is 0 Å². The van der Waals surface area contributed by atoms with Gasteiger partial charge in [0, 0.05) is 5.88 Å². The van der Waals surface area contributed by atoms with E-state index in [1.807, 2.05) is 0 Å². The summed E-state index contributed by atoms with van der Waals surface area (Å²) in [7, 11) is 0. The van der Waals surface area contributed by atoms with Crippen LogP contribution in [0.2, 0.25) is 0 Å². The van der Waals surface area contributed by atoms with Crippen LogP contribution in [0.1, 0.15) is 6.42 Å². The molecule has 0 atom stereocenters. The van der Waals surface area contributed by atoms with Crippen molar-refractivity contribution >= 4 is 23.2 Å². The topological polar surface area (TPSA) is 0 Å². The quantitative estimate of drug-likeness (QED) is 0.516. The van der Waals surface area contributed by atoms with Crippen LogP contribution in [0.3, 0.4) is 0 Å². The Morgan fingerprint density at radius 1 is 0.846 bits per heavy atom. The average molecular weight is 249 g/mol. The van der Waals surface area contributed by atoms with Crippen molar-refractivity contribution in [1.29, 1.82) is 0 Å². The van der Waals surface area contributed by atoms with Gasteiger partial charge in [0.25, 0.3) is 0 Å². The third-order valence-electron chi connectivity index (χ3n) is 1.34. The minimum atomic E-state index is -5.55. The first kappa shape index (κ1) is 13.2. The SMILES string of the molecule is FC(F)(F)C(Cl)(CCCl)C(F)(F)F. The van der Waals surface area contributed by atoms with Gasteiger partial charge < -0.3 is 0 Å². The van der Waals surface area contributed by atoms with Crippen LogP contribution in [-0.2, 0) is 0 Å². The molecule has 0 aliphatic rings. The molecular weight excluding hydrogens is 245 g/mol. The maximum absolute atomic E-state index is 11.9. The molecule has 0 N–H and O–H groups in total. The molecule has 0 aliphatic heterocycles. The van der Waals surface area contributed by atoms with Crippen LogP contribution < -0.4 is 0 Å². The van der Waals surface area contributed by atoms with Crippen LogP contribution in [0.25, 0.3) is 0 Å². The zero-order valence-corrected chi connectivity index (χ0v) is 7.45. The minimum Gasteiger partial charge on any atom is -0.169 e. The second kappa shape index (κ2) is 3.73. The third kappa shape index (κ3) is 2.56. The van der Waals surface area contributed by atoms with Crippen LogP contribution in [-0.4, -0.2) is 23.1 Å². The Kier molecular flexibility index (Phi) is 3.77. The predicted octanol–water partition coefficient (Wildman–Crippen LogP) is 3.72. The van der Waals surface area contributed by atoms with E-state index in [0.717, 1.165) is 0 Å². The third-order valence-corrected chi connectivity index (χ3v) is 2.14. The van der Waals surface area contributed by atoms with Gasteiger partial charge >= 0.3 is 12.4 Å². The van der Waals surface area contributed by atoms with E-state index in [1.165, 1.54) is 0 Å². The maximum atomic E-state index is 11.9. The maximum Gasteiger partial charge on any atom is 0.416 e. The van der Waals surface area contributed by atoms with Crippen LogP contribution in [0.15, 0.2) is 0 Å². The number of halogens is 8. The molecular formula is C5H4Cl2F6. The van der Waals surface area contributed by atoms with Gasteiger partial charge in [-0.2, -0.15) is 26.3 Å². The van der Waals surface area contributed by atoms with E-state index in [4.69, 9.17) is 11.6 Å². The molecule has 0 aromatic heterocycles. The van der Waals surface area contributed by atoms with E-state index in [9.17, 15) is 26.3 Å². The van der Waals surface area contributed by atoms with E-state index in [1.54, 1.807) is 0 Å². The molecule has 0 saturated heterocycles. The Hall–Kier alpha value is 0.160. The Balaban J connectivity index is 4.96. The van der Waals surface area contributed by atoms with Crippen molar-refractivity contribution < 1.29 is 26.3 Å². The number of alkyl halides is 8. The smallest absolute Gasteiger partial charge is 0.169 e. The van der Waals surface area contributed by atoms with Crippen molar-refractivity contribution in [3.05, 3.63) is 0 Å². The van der Waals surface area contributed by atoms with Crippen LogP contribution in [0.5, 0.6) is 0 Å². The van der Waals surface area contributed by atoms with Crippen LogP contribution >= 0.6 is 23.2 Å². The molecule has 0 heterocycles. The second-order valence-corrected chi connectivity index (χ2v) is 3.26. The molecule has 0 fully saturated rings. The normalized spacial score (nSPS) is 14.8. The lowest BCUT2D eigenvalue weighted by Crippen LogP contribution is -2.52. The van der Waals surface area contributed by atoms with Crippen LogP contribution in [0, 0.1) is 0 Å². The average Bonchev–Trinajstić information content (AvgIpc) is 1.82. The summed E-state index contributed by atoms with van der Waals surface area (Å²) >= 11 is 9.27. The lowest BCUT2D eigenvalue weighted by Gasteiger charge is -2.30. The zero-order chi connectivity index (χ0) is 10.9. The van der Waals surface area contributed by atoms with Crippen molar-refractivity contribution in [3.8, 4) is 0 Å². The molecule has 0 aliphatic carbocycles. The molecule has 8 heteroatoms. The fourth-order valence-corrected chi connectivity index (χ4v) is 1.05. The first-order valence-electron chi connectivity index (χ1n) is 2.94. The molecule has 0 aromatic rings. The van der Waals surface area contributed by atoms with Crippen molar-refractivity contribution in [2.75, 3.05) is 5.88 Å². The summed E-state index contributed by atoms with van der Waals surface area (Å²) in [5, 5.41) is 0. The highest BCUT2D eigenvalue weighted by Crippen LogP contribution is 2.50. The highest BCUT2D eigenvalue weighted by Gasteiger charge is 2.69. The lowest BCUT2D eigenvalue weighted by atomic mass is 10.0. The first-order chi connectivity index (χ1) is 5.56. The monoisotopic (exact) mass is 248 g/mol. The Morgan fingerprint density at radius 2 is 1.15 bits per heavy atom. The molecule has 0 nitrogen and oxygen atoms in total. The molecule has 0 spiro atoms. The van der Waals surface area contributed by atoms with Crippen molar-refractivity contribution in [3.63, 3.8) is 0 Å². The molecule has 0 rings (SSSR count). The standard InChI is InChI=1S/C5H4Cl2F6/c6-2-1-3(7,4(8,9)10)5(11,12)13/h1-2H2. The number of hydrogen-bond acceptors (Lipinski definition) is 0. The molecule has 0 amide bonds. The largest absolute Gasteiger partial charge is 0.416 e. The molecule has 0 saturated carbocycles. The fourth-order valence-electron chi connectivity index (χ4n) is 0.574. The van der Waals surface area contributed by atoms with Gasteiger partial charge in [0.15, 0.2) is 0 Å². The lowest BCUT2D eigenvalue weighted by molar-refractivity contribution is -0.268. The number of rotatable bonds is 2. The van der Waals surface area contributed by atoms with Gasteiger partial charge in [-0.15, -0.1) is 11.6 Å². The molecule has 0 unspecified atom stereocenters. The van der Waals surface area contributed by atoms with Gasteiger partial charge in [0.2, 0.25) is 4.87 Å². The second-order valence-electron chi connectivity index (χ2n) is 2.24. The molecule has 0 aromatic carbocycles. The van der Waals surface area contributed by atoms with E-state index in [0.29, 0.717) is 0 Å². The Morgan fingerprint density at radius 3 is 1.23 bits per heavy atom. The van der Waals surface area contributed by atoms with Gasteiger partial charge in [0.1, 0.15) is 0 Å². The predicted molar refractivity (Wildman–Crippen MR) is 36.0 cm³/mol. The number of hydrogen-bond donors (Lipinski definition) is 0. The Labute approximate surface area is 79.8 Å². The summed E-state index contributed by atoms with van der Waals surface area (Å²) in [5.74, 6) is -0.817. The van der Waals surface area contributed by atoms with Crippen molar-refractivity contribution in [1.82, 2.24) is 0 Å². The minimum absolute atomic E-state index is 0.817. The van der Waals surface area contributed by atoms with Crippen molar-refractivity contribution in [2.24, 2.45) is 0 Å². The summed E-state index contributed by atoms with van der Waals surface area (Å²) in [6.45, 7) is 0. The molecule has 0 bridgehead atoms. The molecule has 0 radical (unpaired) electrons. The van der Waals surface area contributed by atoms with E-state index in [-0.39, 0.29) is 0 Å². The molecule has 13 heavy (non-hydrogen) atoms. The van der Waals surface area contributed by atoms with Gasteiger partial charge in [-0.05, 0) is 6.42 Å². The van der Waals surface area contributed by atoms with E-state index in [2.05, 4.69) is 11.6 Å². The molecule has 80 valence electrons. The van der Waals surface area contributed by atoms with Gasteiger partial charge in [-0.25, -0.2) is 0 Å². The Bertz CT molecular complexity index is 157. The van der Waals surface area contributed by atoms with Gasteiger partial charge in [-0.1, -0.05) is 11.6 Å². The fraction of sp³-hybridized carbons (Fsp3) is 1.00. The van der Waals surface area contributed by atoms with E-state index < -0.39 is 29.5 Å². The highest BCUT2D eigenvalue weighted by molar-refractivity contribution is 6.26. The summed E-state index contributed by atoms with van der Waals surface area (Å²) < 4.78 is 71.3. The summed E-state index contributed by atoms with van der Waals surface area (Å²) in [6, 6.07) is 0. The van der Waals surface area contributed by atoms with Crippen LogP contribution in [0.4, 0.5) is 26.3 Å². The van der Waals surface area contributed by atoms with E-state index >= 15 is 0 Å². The highest BCUT2D eigenvalue weighted by atomic mass is 35.5. The first-order valence-corrected chi connectivity index (χ1v) is 3.86. The summed E-state index contributed by atoms with van der Waals surface area (Å²) in [5.41, 5.74) is 0. The van der Waals surface area contributed by atoms with Gasteiger partial charge in [-0.3, -0.25) is 0 Å².